The van der Waals surface area contributed by atoms with Gasteiger partial charge in [0.2, 0.25) is 0 Å². The van der Waals surface area contributed by atoms with E-state index in [1.165, 1.54) is 18.1 Å². The summed E-state index contributed by atoms with van der Waals surface area (Å²) in [6, 6.07) is 11.7. The van der Waals surface area contributed by atoms with Crippen LogP contribution in [0, 0.1) is 10.1 Å². The number of hydrogen-bond acceptors (Lipinski definition) is 7. The predicted molar refractivity (Wildman–Crippen MR) is 126 cm³/mol. The molecular weight excluding hydrogens is 442 g/mol. The monoisotopic (exact) mass is 463 g/mol. The molecule has 1 N–H and O–H groups in total. The van der Waals surface area contributed by atoms with Gasteiger partial charge in [0.05, 0.1) is 23.0 Å². The minimum atomic E-state index is -0.431. The van der Waals surface area contributed by atoms with Crippen LogP contribution in [0.2, 0.25) is 0 Å². The van der Waals surface area contributed by atoms with Crippen molar-refractivity contribution in [3.8, 4) is 22.9 Å². The van der Waals surface area contributed by atoms with E-state index in [1.54, 1.807) is 47.7 Å². The van der Waals surface area contributed by atoms with Gasteiger partial charge in [-0.2, -0.15) is 0 Å². The summed E-state index contributed by atoms with van der Waals surface area (Å²) < 4.78 is 11.3. The maximum atomic E-state index is 12.9. The van der Waals surface area contributed by atoms with Gasteiger partial charge in [-0.25, -0.2) is 4.98 Å². The average Bonchev–Trinajstić information content (AvgIpc) is 3.21. The molecule has 168 valence electrons. The third-order valence-corrected chi connectivity index (χ3v) is 7.02. The van der Waals surface area contributed by atoms with E-state index in [2.05, 4.69) is 4.98 Å². The molecule has 4 aromatic rings. The van der Waals surface area contributed by atoms with Crippen molar-refractivity contribution in [2.24, 2.45) is 0 Å². The fraction of sp³-hybridized carbons (Fsp3) is 0.250. The Morgan fingerprint density at radius 1 is 1.15 bits per heavy atom. The second kappa shape index (κ2) is 8.67. The topological polar surface area (TPSA) is 107 Å². The smallest absolute Gasteiger partial charge is 0.276 e. The van der Waals surface area contributed by atoms with Crippen molar-refractivity contribution in [2.45, 2.75) is 32.3 Å². The van der Waals surface area contributed by atoms with Crippen molar-refractivity contribution in [3.05, 3.63) is 78.9 Å². The lowest BCUT2D eigenvalue weighted by atomic mass is 9.97. The number of aromatic nitrogens is 2. The first-order chi connectivity index (χ1) is 16.0. The Morgan fingerprint density at radius 3 is 2.79 bits per heavy atom. The van der Waals surface area contributed by atoms with E-state index in [0.717, 1.165) is 41.5 Å². The maximum Gasteiger partial charge on any atom is 0.276 e. The van der Waals surface area contributed by atoms with Gasteiger partial charge in [-0.15, -0.1) is 11.3 Å². The Morgan fingerprint density at radius 2 is 1.97 bits per heavy atom. The second-order valence-corrected chi connectivity index (χ2v) is 8.93. The molecule has 0 saturated carbocycles. The van der Waals surface area contributed by atoms with Crippen LogP contribution in [0.1, 0.15) is 28.8 Å². The number of fused-ring (bicyclic) bond motifs is 3. The van der Waals surface area contributed by atoms with Crippen LogP contribution in [0.5, 0.6) is 11.5 Å². The molecule has 2 heterocycles. The fourth-order valence-corrected chi connectivity index (χ4v) is 5.46. The van der Waals surface area contributed by atoms with Crippen LogP contribution in [0.3, 0.4) is 0 Å². The third kappa shape index (κ3) is 3.95. The Balaban J connectivity index is 1.46. The summed E-state index contributed by atoms with van der Waals surface area (Å²) in [5.41, 5.74) is 2.19. The van der Waals surface area contributed by atoms with Gasteiger partial charge >= 0.3 is 0 Å². The number of hydrogen-bond donors (Lipinski definition) is 1. The lowest BCUT2D eigenvalue weighted by Crippen LogP contribution is -2.11. The van der Waals surface area contributed by atoms with E-state index in [4.69, 9.17) is 14.5 Å². The predicted octanol–water partition coefficient (Wildman–Crippen LogP) is 5.03. The number of rotatable bonds is 6. The Kier molecular flexibility index (Phi) is 5.55. The molecule has 2 aromatic heterocycles. The summed E-state index contributed by atoms with van der Waals surface area (Å²) in [5, 5.41) is 12.0. The van der Waals surface area contributed by atoms with Gasteiger partial charge in [0.1, 0.15) is 17.3 Å². The first kappa shape index (κ1) is 21.1. The van der Waals surface area contributed by atoms with E-state index < -0.39 is 4.92 Å². The molecule has 0 aliphatic heterocycles. The number of benzene rings is 2. The van der Waals surface area contributed by atoms with Gasteiger partial charge in [-0.3, -0.25) is 14.9 Å². The molecule has 0 unspecified atom stereocenters. The largest absolute Gasteiger partial charge is 0.493 e. The Bertz CT molecular complexity index is 1430. The van der Waals surface area contributed by atoms with Crippen LogP contribution < -0.4 is 15.0 Å². The molecule has 0 radical (unpaired) electrons. The van der Waals surface area contributed by atoms with Crippen LogP contribution in [0.25, 0.3) is 21.6 Å². The van der Waals surface area contributed by atoms with Crippen LogP contribution in [0.15, 0.2) is 47.3 Å². The number of H-pyrrole nitrogens is 1. The van der Waals surface area contributed by atoms with Crippen LogP contribution in [-0.2, 0) is 19.4 Å². The van der Waals surface area contributed by atoms with Gasteiger partial charge < -0.3 is 14.5 Å². The summed E-state index contributed by atoms with van der Waals surface area (Å²) in [4.78, 5) is 33.4. The summed E-state index contributed by atoms with van der Waals surface area (Å²) in [6.45, 7) is 0.0225. The van der Waals surface area contributed by atoms with Gasteiger partial charge in [0.25, 0.3) is 11.2 Å². The van der Waals surface area contributed by atoms with Crippen molar-refractivity contribution in [3.63, 3.8) is 0 Å². The minimum absolute atomic E-state index is 0.00168. The first-order valence-electron chi connectivity index (χ1n) is 10.6. The van der Waals surface area contributed by atoms with E-state index in [1.807, 2.05) is 0 Å². The van der Waals surface area contributed by atoms with Crippen molar-refractivity contribution in [1.82, 2.24) is 9.97 Å². The Labute approximate surface area is 193 Å². The van der Waals surface area contributed by atoms with Gasteiger partial charge in [0.15, 0.2) is 11.5 Å². The van der Waals surface area contributed by atoms with E-state index in [-0.39, 0.29) is 17.9 Å². The molecule has 0 bridgehead atoms. The van der Waals surface area contributed by atoms with Crippen molar-refractivity contribution in [2.75, 3.05) is 7.11 Å². The normalized spacial score (nSPS) is 13.0. The molecule has 33 heavy (non-hydrogen) atoms. The number of nitrogens with zero attached hydrogens (tertiary/aromatic N) is 2. The van der Waals surface area contributed by atoms with Crippen LogP contribution >= 0.6 is 11.3 Å². The van der Waals surface area contributed by atoms with Crippen LogP contribution in [0.4, 0.5) is 5.69 Å². The summed E-state index contributed by atoms with van der Waals surface area (Å²) in [5.74, 6) is 1.35. The highest BCUT2D eigenvalue weighted by Crippen LogP contribution is 2.36. The molecule has 5 rings (SSSR count). The summed E-state index contributed by atoms with van der Waals surface area (Å²) in [6.07, 6.45) is 4.18. The van der Waals surface area contributed by atoms with E-state index >= 15 is 0 Å². The second-order valence-electron chi connectivity index (χ2n) is 7.85. The number of thiophene rings is 1. The lowest BCUT2D eigenvalue weighted by molar-refractivity contribution is -0.385. The summed E-state index contributed by atoms with van der Waals surface area (Å²) in [7, 11) is 1.52. The van der Waals surface area contributed by atoms with Crippen molar-refractivity contribution >= 4 is 27.2 Å². The SMILES string of the molecule is COc1cc(-c2nc3sc4c(c3c(=O)[nH]2)CCCC4)ccc1OCc1ccccc1[N+](=O)[O-]. The number of nitro groups is 1. The molecule has 2 aromatic carbocycles. The fourth-order valence-electron chi connectivity index (χ4n) is 4.20. The molecule has 1 aliphatic rings. The molecule has 0 saturated heterocycles. The quantitative estimate of drug-likeness (QED) is 0.318. The molecule has 9 heteroatoms. The number of aryl methyl sites for hydroxylation is 2. The zero-order chi connectivity index (χ0) is 22.9. The molecule has 8 nitrogen and oxygen atoms in total. The average molecular weight is 464 g/mol. The van der Waals surface area contributed by atoms with Crippen molar-refractivity contribution in [1.29, 1.82) is 0 Å². The summed E-state index contributed by atoms with van der Waals surface area (Å²) >= 11 is 1.60. The van der Waals surface area contributed by atoms with E-state index in [9.17, 15) is 14.9 Å². The zero-order valence-electron chi connectivity index (χ0n) is 17.9. The molecule has 0 fully saturated rings. The zero-order valence-corrected chi connectivity index (χ0v) is 18.7. The third-order valence-electron chi connectivity index (χ3n) is 5.83. The van der Waals surface area contributed by atoms with Gasteiger partial charge in [-0.05, 0) is 55.5 Å². The number of nitrogens with one attached hydrogen (secondary N) is 1. The molecule has 0 atom stereocenters. The molecule has 0 amide bonds. The standard InChI is InChI=1S/C24H21N3O5S/c1-31-19-12-14(10-11-18(19)32-13-15-6-2-4-8-17(15)27(29)30)22-25-23(28)21-16-7-3-5-9-20(16)33-24(21)26-22/h2,4,6,8,10-12H,3,5,7,9,13H2,1H3,(H,25,26,28). The number of methoxy groups -OCH3 is 1. The highest BCUT2D eigenvalue weighted by Gasteiger charge is 2.20. The molecule has 1 aliphatic carbocycles. The van der Waals surface area contributed by atoms with Gasteiger partial charge in [0, 0.05) is 16.5 Å². The number of ether oxygens (including phenoxy) is 2. The maximum absolute atomic E-state index is 12.9. The number of para-hydroxylation sites is 1. The first-order valence-corrected chi connectivity index (χ1v) is 11.4. The minimum Gasteiger partial charge on any atom is -0.493 e. The lowest BCUT2D eigenvalue weighted by Gasteiger charge is -2.12. The van der Waals surface area contributed by atoms with E-state index in [0.29, 0.717) is 28.5 Å². The Hall–Kier alpha value is -3.72. The molecular formula is C24H21N3O5S. The van der Waals surface area contributed by atoms with Crippen LogP contribution in [-0.4, -0.2) is 22.0 Å². The highest BCUT2D eigenvalue weighted by atomic mass is 32.1. The van der Waals surface area contributed by atoms with Gasteiger partial charge in [-0.1, -0.05) is 12.1 Å². The van der Waals surface area contributed by atoms with Crippen molar-refractivity contribution < 1.29 is 14.4 Å². The number of aromatic amines is 1. The highest BCUT2D eigenvalue weighted by molar-refractivity contribution is 7.18. The molecule has 0 spiro atoms. The number of nitro benzene ring substituents is 1.